The summed E-state index contributed by atoms with van der Waals surface area (Å²) in [5.74, 6) is 0.131. The quantitative estimate of drug-likeness (QED) is 0.678. The predicted molar refractivity (Wildman–Crippen MR) is 55.0 cm³/mol. The minimum absolute atomic E-state index is 0.0724. The van der Waals surface area contributed by atoms with Crippen molar-refractivity contribution in [2.75, 3.05) is 27.2 Å². The largest absolute Gasteiger partial charge is 0.396 e. The molecule has 1 rings (SSSR count). The Morgan fingerprint density at radius 1 is 1.50 bits per heavy atom. The highest BCUT2D eigenvalue weighted by molar-refractivity contribution is 5.82. The van der Waals surface area contributed by atoms with Crippen molar-refractivity contribution >= 4 is 5.91 Å². The van der Waals surface area contributed by atoms with Crippen LogP contribution in [0.5, 0.6) is 0 Å². The van der Waals surface area contributed by atoms with E-state index in [1.807, 2.05) is 19.0 Å². The van der Waals surface area contributed by atoms with Crippen LogP contribution in [-0.4, -0.2) is 60.1 Å². The summed E-state index contributed by atoms with van der Waals surface area (Å²) in [6.07, 6.45) is 1.53. The van der Waals surface area contributed by atoms with Crippen LogP contribution < -0.4 is 0 Å². The molecule has 4 heteroatoms. The third-order valence-electron chi connectivity index (χ3n) is 3.13. The normalized spacial score (nSPS) is 30.6. The predicted octanol–water partition coefficient (Wildman–Crippen LogP) is -0.0802. The van der Waals surface area contributed by atoms with Gasteiger partial charge in [0, 0.05) is 26.2 Å². The van der Waals surface area contributed by atoms with Gasteiger partial charge < -0.3 is 10.0 Å². The van der Waals surface area contributed by atoms with E-state index in [4.69, 9.17) is 5.11 Å². The van der Waals surface area contributed by atoms with Gasteiger partial charge in [0.2, 0.25) is 5.91 Å². The molecule has 1 fully saturated rings. The Labute approximate surface area is 85.5 Å². The summed E-state index contributed by atoms with van der Waals surface area (Å²) < 4.78 is 0. The van der Waals surface area contributed by atoms with Crippen molar-refractivity contribution in [3.8, 4) is 0 Å². The van der Waals surface area contributed by atoms with E-state index < -0.39 is 0 Å². The Hall–Kier alpha value is -0.610. The topological polar surface area (TPSA) is 43.8 Å². The van der Waals surface area contributed by atoms with Crippen molar-refractivity contribution in [1.82, 2.24) is 9.80 Å². The second-order valence-electron chi connectivity index (χ2n) is 4.10. The molecule has 0 saturated carbocycles. The monoisotopic (exact) mass is 200 g/mol. The van der Waals surface area contributed by atoms with Crippen LogP contribution >= 0.6 is 0 Å². The molecule has 0 aromatic carbocycles. The van der Waals surface area contributed by atoms with Gasteiger partial charge in [0.15, 0.2) is 0 Å². The lowest BCUT2D eigenvalue weighted by molar-refractivity contribution is -0.135. The van der Waals surface area contributed by atoms with Gasteiger partial charge in [-0.25, -0.2) is 0 Å². The van der Waals surface area contributed by atoms with Gasteiger partial charge in [0.1, 0.15) is 0 Å². The summed E-state index contributed by atoms with van der Waals surface area (Å²) in [6.45, 7) is 3.05. The lowest BCUT2D eigenvalue weighted by Crippen LogP contribution is -2.44. The van der Waals surface area contributed by atoms with E-state index >= 15 is 0 Å². The fourth-order valence-electron chi connectivity index (χ4n) is 1.85. The molecule has 1 heterocycles. The summed E-state index contributed by atoms with van der Waals surface area (Å²) in [4.78, 5) is 15.8. The van der Waals surface area contributed by atoms with E-state index in [0.29, 0.717) is 12.5 Å². The highest BCUT2D eigenvalue weighted by Crippen LogP contribution is 2.15. The van der Waals surface area contributed by atoms with Gasteiger partial charge in [-0.2, -0.15) is 0 Å². The Morgan fingerprint density at radius 2 is 2.14 bits per heavy atom. The Balaban J connectivity index is 2.75. The fraction of sp³-hybridized carbons (Fsp3) is 0.900. The molecule has 14 heavy (non-hydrogen) atoms. The number of hydrogen-bond donors (Lipinski definition) is 1. The Kier molecular flexibility index (Phi) is 3.89. The van der Waals surface area contributed by atoms with Crippen LogP contribution in [0.2, 0.25) is 0 Å². The average molecular weight is 200 g/mol. The molecule has 0 spiro atoms. The highest BCUT2D eigenvalue weighted by atomic mass is 16.3. The van der Waals surface area contributed by atoms with Crippen LogP contribution in [-0.2, 0) is 4.79 Å². The Bertz CT molecular complexity index is 208. The molecule has 0 radical (unpaired) electrons. The van der Waals surface area contributed by atoms with Crippen molar-refractivity contribution in [2.24, 2.45) is 0 Å². The summed E-state index contributed by atoms with van der Waals surface area (Å²) in [5, 5.41) is 8.90. The van der Waals surface area contributed by atoms with E-state index in [0.717, 1.165) is 13.0 Å². The van der Waals surface area contributed by atoms with Gasteiger partial charge in [-0.05, 0) is 26.8 Å². The van der Waals surface area contributed by atoms with Gasteiger partial charge >= 0.3 is 0 Å². The van der Waals surface area contributed by atoms with Crippen LogP contribution in [0.1, 0.15) is 19.8 Å². The number of amides is 1. The second kappa shape index (κ2) is 4.75. The molecule has 0 aliphatic carbocycles. The molecule has 82 valence electrons. The van der Waals surface area contributed by atoms with Crippen molar-refractivity contribution in [2.45, 2.75) is 31.8 Å². The number of nitrogens with zero attached hydrogens (tertiary/aromatic N) is 2. The number of carbonyl (C=O) groups excluding carboxylic acids is 1. The molecule has 0 aromatic heterocycles. The molecule has 0 bridgehead atoms. The summed E-state index contributed by atoms with van der Waals surface area (Å²) in [5.41, 5.74) is 0. The maximum atomic E-state index is 11.9. The molecule has 1 saturated heterocycles. The van der Waals surface area contributed by atoms with E-state index in [1.165, 1.54) is 0 Å². The van der Waals surface area contributed by atoms with Crippen LogP contribution in [0.3, 0.4) is 0 Å². The Morgan fingerprint density at radius 3 is 2.71 bits per heavy atom. The van der Waals surface area contributed by atoms with Gasteiger partial charge in [-0.15, -0.1) is 0 Å². The molecule has 1 aliphatic rings. The first kappa shape index (κ1) is 11.5. The standard InChI is InChI=1S/C10H20N2O2/c1-8-4-6-11(2)9(5-7-13)10(14)12(8)3/h8-9,13H,4-7H2,1-3H3. The van der Waals surface area contributed by atoms with Gasteiger partial charge in [-0.1, -0.05) is 0 Å². The maximum absolute atomic E-state index is 11.9. The van der Waals surface area contributed by atoms with E-state index in [2.05, 4.69) is 6.92 Å². The van der Waals surface area contributed by atoms with Gasteiger partial charge in [0.25, 0.3) is 0 Å². The maximum Gasteiger partial charge on any atom is 0.239 e. The molecule has 0 aromatic rings. The first-order chi connectivity index (χ1) is 6.57. The zero-order chi connectivity index (χ0) is 10.7. The number of carbonyl (C=O) groups is 1. The van der Waals surface area contributed by atoms with Crippen LogP contribution in [0.25, 0.3) is 0 Å². The average Bonchev–Trinajstić information content (AvgIpc) is 2.25. The number of likely N-dealkylation sites (N-methyl/N-ethyl adjacent to an activating group) is 2. The SMILES string of the molecule is CC1CCN(C)C(CCO)C(=O)N1C. The zero-order valence-corrected chi connectivity index (χ0v) is 9.23. The number of hydrogen-bond acceptors (Lipinski definition) is 3. The van der Waals surface area contributed by atoms with E-state index in [9.17, 15) is 4.79 Å². The minimum atomic E-state index is -0.144. The number of aliphatic hydroxyl groups is 1. The number of rotatable bonds is 2. The van der Waals surface area contributed by atoms with E-state index in [1.54, 1.807) is 4.90 Å². The smallest absolute Gasteiger partial charge is 0.239 e. The first-order valence-corrected chi connectivity index (χ1v) is 5.15. The van der Waals surface area contributed by atoms with Gasteiger partial charge in [0.05, 0.1) is 6.04 Å². The lowest BCUT2D eigenvalue weighted by atomic mass is 10.1. The van der Waals surface area contributed by atoms with E-state index in [-0.39, 0.29) is 18.6 Å². The molecule has 1 amide bonds. The van der Waals surface area contributed by atoms with Crippen LogP contribution in [0.15, 0.2) is 0 Å². The molecule has 4 nitrogen and oxygen atoms in total. The summed E-state index contributed by atoms with van der Waals surface area (Å²) in [7, 11) is 3.79. The summed E-state index contributed by atoms with van der Waals surface area (Å²) >= 11 is 0. The molecule has 1 aliphatic heterocycles. The lowest BCUT2D eigenvalue weighted by Gasteiger charge is -2.26. The van der Waals surface area contributed by atoms with Crippen molar-refractivity contribution in [3.63, 3.8) is 0 Å². The van der Waals surface area contributed by atoms with Crippen molar-refractivity contribution < 1.29 is 9.90 Å². The summed E-state index contributed by atoms with van der Waals surface area (Å²) in [6, 6.07) is 0.156. The molecule has 2 unspecified atom stereocenters. The highest BCUT2D eigenvalue weighted by Gasteiger charge is 2.31. The van der Waals surface area contributed by atoms with Crippen LogP contribution in [0, 0.1) is 0 Å². The van der Waals surface area contributed by atoms with Crippen molar-refractivity contribution in [1.29, 1.82) is 0 Å². The third kappa shape index (κ3) is 2.25. The second-order valence-corrected chi connectivity index (χ2v) is 4.10. The van der Waals surface area contributed by atoms with Crippen molar-refractivity contribution in [3.05, 3.63) is 0 Å². The van der Waals surface area contributed by atoms with Crippen LogP contribution in [0.4, 0.5) is 0 Å². The molecule has 2 atom stereocenters. The molecular formula is C10H20N2O2. The molecule has 1 N–H and O–H groups in total. The van der Waals surface area contributed by atoms with Gasteiger partial charge in [-0.3, -0.25) is 9.69 Å². The zero-order valence-electron chi connectivity index (χ0n) is 9.23. The first-order valence-electron chi connectivity index (χ1n) is 5.15. The third-order valence-corrected chi connectivity index (χ3v) is 3.13. The molecular weight excluding hydrogens is 180 g/mol. The fourth-order valence-corrected chi connectivity index (χ4v) is 1.85. The number of aliphatic hydroxyl groups excluding tert-OH is 1. The minimum Gasteiger partial charge on any atom is -0.396 e.